The summed E-state index contributed by atoms with van der Waals surface area (Å²) in [4.78, 5) is 41.1. The number of nitrogens with one attached hydrogen (secondary N) is 2. The van der Waals surface area contributed by atoms with Crippen LogP contribution in [0.5, 0.6) is 0 Å². The molecule has 1 rings (SSSR count). The van der Waals surface area contributed by atoms with Gasteiger partial charge in [-0.1, -0.05) is 50.8 Å². The van der Waals surface area contributed by atoms with Crippen molar-refractivity contribution < 1.29 is 19.1 Å². The topological polar surface area (TPSA) is 87.7 Å². The second kappa shape index (κ2) is 14.1. The highest BCUT2D eigenvalue weighted by Gasteiger charge is 2.34. The highest BCUT2D eigenvalue weighted by molar-refractivity contribution is 5.92. The van der Waals surface area contributed by atoms with Crippen LogP contribution in [0.1, 0.15) is 103 Å². The Balaban J connectivity index is 3.31. The van der Waals surface area contributed by atoms with Gasteiger partial charge < -0.3 is 20.3 Å². The van der Waals surface area contributed by atoms with Crippen LogP contribution in [0.25, 0.3) is 0 Å². The van der Waals surface area contributed by atoms with E-state index >= 15 is 0 Å². The molecule has 2 unspecified atom stereocenters. The van der Waals surface area contributed by atoms with E-state index in [1.54, 1.807) is 32.6 Å². The first-order valence-corrected chi connectivity index (χ1v) is 12.9. The summed E-state index contributed by atoms with van der Waals surface area (Å²) in [6, 6.07) is 4.15. The molecule has 0 saturated heterocycles. The van der Waals surface area contributed by atoms with Gasteiger partial charge in [0.15, 0.2) is 0 Å². The number of unbranched alkanes of at least 4 members (excludes halogenated alkanes) is 4. The molecule has 7 nitrogen and oxygen atoms in total. The number of amides is 3. The average molecular weight is 490 g/mol. The largest absolute Gasteiger partial charge is 0.444 e. The first-order chi connectivity index (χ1) is 16.3. The van der Waals surface area contributed by atoms with Gasteiger partial charge in [-0.3, -0.25) is 9.59 Å². The van der Waals surface area contributed by atoms with E-state index in [0.717, 1.165) is 48.8 Å². The molecule has 2 atom stereocenters. The summed E-state index contributed by atoms with van der Waals surface area (Å²) in [5.74, 6) is -0.539. The molecule has 3 amide bonds. The standard InChI is InChI=1S/C28H47N3O4/c1-10-11-12-13-14-17-31(26(33)22(6)30-27(34)35-28(7,8)9)24(25(32)29-19(2)3)23-16-15-20(4)21(5)18-23/h15-16,18-19,22,24H,10-14,17H2,1-9H3,(H,29,32)(H,30,34). The molecule has 198 valence electrons. The number of carbonyl (C=O) groups is 3. The fraction of sp³-hybridized carbons (Fsp3) is 0.679. The van der Waals surface area contributed by atoms with E-state index in [1.807, 2.05) is 45.9 Å². The monoisotopic (exact) mass is 489 g/mol. The number of aryl methyl sites for hydroxylation is 2. The van der Waals surface area contributed by atoms with Crippen LogP contribution in [0, 0.1) is 13.8 Å². The van der Waals surface area contributed by atoms with Crippen LogP contribution in [-0.2, 0) is 14.3 Å². The van der Waals surface area contributed by atoms with E-state index < -0.39 is 23.8 Å². The number of carbonyl (C=O) groups excluding carboxylic acids is 3. The third kappa shape index (κ3) is 10.7. The summed E-state index contributed by atoms with van der Waals surface area (Å²) in [7, 11) is 0. The summed E-state index contributed by atoms with van der Waals surface area (Å²) >= 11 is 0. The van der Waals surface area contributed by atoms with Gasteiger partial charge >= 0.3 is 6.09 Å². The fourth-order valence-corrected chi connectivity index (χ4v) is 3.82. The van der Waals surface area contributed by atoms with Gasteiger partial charge in [-0.2, -0.15) is 0 Å². The van der Waals surface area contributed by atoms with Crippen LogP contribution in [0.15, 0.2) is 18.2 Å². The number of rotatable bonds is 12. The maximum Gasteiger partial charge on any atom is 0.408 e. The predicted molar refractivity (Wildman–Crippen MR) is 141 cm³/mol. The van der Waals surface area contributed by atoms with Crippen LogP contribution in [-0.4, -0.2) is 47.0 Å². The van der Waals surface area contributed by atoms with Gasteiger partial charge in [-0.25, -0.2) is 4.79 Å². The van der Waals surface area contributed by atoms with Gasteiger partial charge in [0.05, 0.1) is 0 Å². The molecule has 0 aliphatic carbocycles. The number of hydrogen-bond donors (Lipinski definition) is 2. The summed E-state index contributed by atoms with van der Waals surface area (Å²) in [6.07, 6.45) is 4.44. The summed E-state index contributed by atoms with van der Waals surface area (Å²) in [5.41, 5.74) is 2.26. The molecule has 0 aromatic heterocycles. The molecular formula is C28H47N3O4. The van der Waals surface area contributed by atoms with E-state index in [2.05, 4.69) is 17.6 Å². The first-order valence-electron chi connectivity index (χ1n) is 12.9. The Hall–Kier alpha value is -2.57. The predicted octanol–water partition coefficient (Wildman–Crippen LogP) is 5.58. The zero-order valence-corrected chi connectivity index (χ0v) is 23.3. The van der Waals surface area contributed by atoms with E-state index in [9.17, 15) is 14.4 Å². The molecule has 0 saturated carbocycles. The second-order valence-electron chi connectivity index (χ2n) is 10.7. The molecular weight excluding hydrogens is 442 g/mol. The van der Waals surface area contributed by atoms with Crippen LogP contribution >= 0.6 is 0 Å². The minimum absolute atomic E-state index is 0.0737. The minimum atomic E-state index is -0.846. The molecule has 0 heterocycles. The van der Waals surface area contributed by atoms with Crippen molar-refractivity contribution in [2.45, 2.75) is 118 Å². The van der Waals surface area contributed by atoms with Crippen LogP contribution in [0.4, 0.5) is 4.79 Å². The molecule has 7 heteroatoms. The van der Waals surface area contributed by atoms with Gasteiger partial charge in [-0.15, -0.1) is 0 Å². The summed E-state index contributed by atoms with van der Waals surface area (Å²) < 4.78 is 5.34. The molecule has 1 aromatic carbocycles. The van der Waals surface area contributed by atoms with Crippen molar-refractivity contribution >= 4 is 17.9 Å². The SMILES string of the molecule is CCCCCCCN(C(=O)C(C)NC(=O)OC(C)(C)C)C(C(=O)NC(C)C)c1ccc(C)c(C)c1. The number of hydrogen-bond acceptors (Lipinski definition) is 4. The van der Waals surface area contributed by atoms with Crippen molar-refractivity contribution in [3.8, 4) is 0 Å². The molecule has 0 spiro atoms. The van der Waals surface area contributed by atoms with Gasteiger partial charge in [0.1, 0.15) is 17.7 Å². The Kier molecular flexibility index (Phi) is 12.3. The van der Waals surface area contributed by atoms with Gasteiger partial charge in [0.2, 0.25) is 11.8 Å². The van der Waals surface area contributed by atoms with Crippen molar-refractivity contribution in [2.75, 3.05) is 6.54 Å². The Labute approximate surface area is 212 Å². The highest BCUT2D eigenvalue weighted by Crippen LogP contribution is 2.26. The van der Waals surface area contributed by atoms with Crippen molar-refractivity contribution in [3.05, 3.63) is 34.9 Å². The number of nitrogens with zero attached hydrogens (tertiary/aromatic N) is 1. The Bertz CT molecular complexity index is 845. The van der Waals surface area contributed by atoms with Crippen LogP contribution < -0.4 is 10.6 Å². The third-order valence-corrected chi connectivity index (χ3v) is 5.73. The molecule has 0 bridgehead atoms. The molecule has 2 N–H and O–H groups in total. The lowest BCUT2D eigenvalue weighted by molar-refractivity contribution is -0.142. The second-order valence-corrected chi connectivity index (χ2v) is 10.7. The maximum absolute atomic E-state index is 13.7. The lowest BCUT2D eigenvalue weighted by Crippen LogP contribution is -2.52. The molecule has 1 aromatic rings. The summed E-state index contributed by atoms with van der Waals surface area (Å²) in [6.45, 7) is 17.4. The van der Waals surface area contributed by atoms with Crippen molar-refractivity contribution in [1.82, 2.24) is 15.5 Å². The lowest BCUT2D eigenvalue weighted by atomic mass is 9.98. The molecule has 0 aliphatic heterocycles. The smallest absolute Gasteiger partial charge is 0.408 e. The third-order valence-electron chi connectivity index (χ3n) is 5.73. The Morgan fingerprint density at radius 3 is 2.11 bits per heavy atom. The lowest BCUT2D eigenvalue weighted by Gasteiger charge is -2.34. The van der Waals surface area contributed by atoms with E-state index in [-0.39, 0.29) is 17.9 Å². The van der Waals surface area contributed by atoms with E-state index in [1.165, 1.54) is 0 Å². The highest BCUT2D eigenvalue weighted by atomic mass is 16.6. The molecule has 0 radical (unpaired) electrons. The van der Waals surface area contributed by atoms with Gasteiger partial charge in [-0.05, 0) is 78.5 Å². The van der Waals surface area contributed by atoms with Gasteiger partial charge in [0, 0.05) is 12.6 Å². The zero-order chi connectivity index (χ0) is 26.8. The van der Waals surface area contributed by atoms with Crippen LogP contribution in [0.2, 0.25) is 0 Å². The number of alkyl carbamates (subject to hydrolysis) is 1. The number of ether oxygens (including phenoxy) is 1. The fourth-order valence-electron chi connectivity index (χ4n) is 3.82. The van der Waals surface area contributed by atoms with Crippen LogP contribution in [0.3, 0.4) is 0 Å². The normalized spacial score (nSPS) is 13.2. The molecule has 0 fully saturated rings. The summed E-state index contributed by atoms with van der Waals surface area (Å²) in [5, 5.41) is 5.64. The molecule has 0 aliphatic rings. The number of benzene rings is 1. The van der Waals surface area contributed by atoms with Crippen molar-refractivity contribution in [1.29, 1.82) is 0 Å². The van der Waals surface area contributed by atoms with Gasteiger partial charge in [0.25, 0.3) is 0 Å². The maximum atomic E-state index is 13.7. The minimum Gasteiger partial charge on any atom is -0.444 e. The average Bonchev–Trinajstić information content (AvgIpc) is 2.72. The zero-order valence-electron chi connectivity index (χ0n) is 23.3. The first kappa shape index (κ1) is 30.5. The van der Waals surface area contributed by atoms with Crippen molar-refractivity contribution in [3.63, 3.8) is 0 Å². The van der Waals surface area contributed by atoms with E-state index in [4.69, 9.17) is 4.74 Å². The van der Waals surface area contributed by atoms with Crippen molar-refractivity contribution in [2.24, 2.45) is 0 Å². The Morgan fingerprint density at radius 1 is 0.943 bits per heavy atom. The quantitative estimate of drug-likeness (QED) is 0.375. The Morgan fingerprint density at radius 2 is 1.57 bits per heavy atom. The van der Waals surface area contributed by atoms with E-state index in [0.29, 0.717) is 6.54 Å². The molecule has 35 heavy (non-hydrogen) atoms.